The van der Waals surface area contributed by atoms with Crippen LogP contribution in [0.4, 0.5) is 10.6 Å². The number of carbonyl (C=O) groups excluding carboxylic acids is 1. The maximum Gasteiger partial charge on any atom is 0.323 e. The van der Waals surface area contributed by atoms with Crippen LogP contribution in [0.3, 0.4) is 0 Å². The fourth-order valence-electron chi connectivity index (χ4n) is 3.59. The Morgan fingerprint density at radius 1 is 1.32 bits per heavy atom. The van der Waals surface area contributed by atoms with Crippen LogP contribution in [0, 0.1) is 6.92 Å². The molecule has 25 heavy (non-hydrogen) atoms. The summed E-state index contributed by atoms with van der Waals surface area (Å²) in [5.41, 5.74) is 0.844. The Morgan fingerprint density at radius 2 is 2.08 bits per heavy atom. The molecule has 2 amide bonds. The molecule has 2 fully saturated rings. The predicted octanol–water partition coefficient (Wildman–Crippen LogP) is 2.12. The zero-order valence-electron chi connectivity index (χ0n) is 15.3. The van der Waals surface area contributed by atoms with Crippen LogP contribution in [0.25, 0.3) is 0 Å². The van der Waals surface area contributed by atoms with Crippen molar-refractivity contribution in [3.8, 4) is 5.75 Å². The van der Waals surface area contributed by atoms with Gasteiger partial charge < -0.3 is 14.4 Å². The van der Waals surface area contributed by atoms with Gasteiger partial charge in [0.15, 0.2) is 11.6 Å². The van der Waals surface area contributed by atoms with E-state index in [0.29, 0.717) is 23.7 Å². The Hall–Kier alpha value is -1.86. The number of amides is 2. The van der Waals surface area contributed by atoms with Gasteiger partial charge in [-0.25, -0.2) is 9.78 Å². The number of pyridine rings is 1. The molecule has 0 aliphatic carbocycles. The van der Waals surface area contributed by atoms with Gasteiger partial charge in [-0.1, -0.05) is 0 Å². The van der Waals surface area contributed by atoms with Gasteiger partial charge in [0.2, 0.25) is 0 Å². The highest BCUT2D eigenvalue weighted by atomic mass is 16.5. The third-order valence-corrected chi connectivity index (χ3v) is 4.98. The van der Waals surface area contributed by atoms with Crippen molar-refractivity contribution < 1.29 is 14.3 Å². The summed E-state index contributed by atoms with van der Waals surface area (Å²) in [5, 5.41) is 2.89. The first-order valence-corrected chi connectivity index (χ1v) is 9.00. The normalized spacial score (nSPS) is 22.7. The van der Waals surface area contributed by atoms with Crippen LogP contribution in [-0.2, 0) is 4.74 Å². The van der Waals surface area contributed by atoms with Gasteiger partial charge in [0.25, 0.3) is 0 Å². The summed E-state index contributed by atoms with van der Waals surface area (Å²) in [6.07, 6.45) is 2.30. The van der Waals surface area contributed by atoms with Crippen molar-refractivity contribution in [2.45, 2.75) is 38.8 Å². The van der Waals surface area contributed by atoms with Crippen LogP contribution in [0.2, 0.25) is 0 Å². The predicted molar refractivity (Wildman–Crippen MR) is 96.1 cm³/mol. The third-order valence-electron chi connectivity index (χ3n) is 4.98. The lowest BCUT2D eigenvalue weighted by Crippen LogP contribution is -2.52. The summed E-state index contributed by atoms with van der Waals surface area (Å²) in [4.78, 5) is 21.3. The number of methoxy groups -OCH3 is 1. The SMILES string of the molecule is COc1ccc(C)nc1NC(=O)N1CCC(N2CCOC(C)C2)CC1. The smallest absolute Gasteiger partial charge is 0.323 e. The molecule has 7 nitrogen and oxygen atoms in total. The van der Waals surface area contributed by atoms with Gasteiger partial charge in [0.1, 0.15) is 0 Å². The van der Waals surface area contributed by atoms with Gasteiger partial charge in [-0.3, -0.25) is 10.2 Å². The lowest BCUT2D eigenvalue weighted by molar-refractivity contribution is -0.0415. The van der Waals surface area contributed by atoms with E-state index < -0.39 is 0 Å². The van der Waals surface area contributed by atoms with E-state index in [2.05, 4.69) is 22.1 Å². The summed E-state index contributed by atoms with van der Waals surface area (Å²) >= 11 is 0. The molecule has 1 aromatic heterocycles. The van der Waals surface area contributed by atoms with Crippen LogP contribution >= 0.6 is 0 Å². The highest BCUT2D eigenvalue weighted by Crippen LogP contribution is 2.24. The highest BCUT2D eigenvalue weighted by molar-refractivity contribution is 5.89. The summed E-state index contributed by atoms with van der Waals surface area (Å²) in [6.45, 7) is 8.32. The first kappa shape index (κ1) is 17.9. The van der Waals surface area contributed by atoms with Gasteiger partial charge in [-0.2, -0.15) is 0 Å². The van der Waals surface area contributed by atoms with Crippen LogP contribution < -0.4 is 10.1 Å². The van der Waals surface area contributed by atoms with Crippen molar-refractivity contribution in [3.05, 3.63) is 17.8 Å². The minimum Gasteiger partial charge on any atom is -0.493 e. The first-order chi connectivity index (χ1) is 12.1. The van der Waals surface area contributed by atoms with Crippen molar-refractivity contribution >= 4 is 11.8 Å². The van der Waals surface area contributed by atoms with Crippen molar-refractivity contribution in [2.75, 3.05) is 45.2 Å². The van der Waals surface area contributed by atoms with Crippen molar-refractivity contribution in [3.63, 3.8) is 0 Å². The van der Waals surface area contributed by atoms with E-state index in [4.69, 9.17) is 9.47 Å². The molecule has 7 heteroatoms. The van der Waals surface area contributed by atoms with Gasteiger partial charge in [0, 0.05) is 37.9 Å². The number of nitrogens with zero attached hydrogens (tertiary/aromatic N) is 3. The molecule has 2 aliphatic rings. The van der Waals surface area contributed by atoms with Crippen LogP contribution in [0.5, 0.6) is 5.75 Å². The molecule has 0 bridgehead atoms. The molecule has 1 unspecified atom stereocenters. The minimum absolute atomic E-state index is 0.106. The molecular formula is C18H28N4O3. The molecule has 0 saturated carbocycles. The number of likely N-dealkylation sites (tertiary alicyclic amines) is 1. The number of aromatic nitrogens is 1. The Labute approximate surface area is 149 Å². The molecule has 138 valence electrons. The second-order valence-corrected chi connectivity index (χ2v) is 6.83. The third kappa shape index (κ3) is 4.41. The molecule has 2 aliphatic heterocycles. The first-order valence-electron chi connectivity index (χ1n) is 9.00. The Kier molecular flexibility index (Phi) is 5.75. The van der Waals surface area contributed by atoms with E-state index >= 15 is 0 Å². The second kappa shape index (κ2) is 8.01. The van der Waals surface area contributed by atoms with E-state index in [-0.39, 0.29) is 6.03 Å². The topological polar surface area (TPSA) is 66.9 Å². The molecule has 0 aromatic carbocycles. The number of aryl methyl sites for hydroxylation is 1. The molecule has 0 radical (unpaired) electrons. The average Bonchev–Trinajstić information content (AvgIpc) is 2.62. The quantitative estimate of drug-likeness (QED) is 0.906. The summed E-state index contributed by atoms with van der Waals surface area (Å²) < 4.78 is 10.9. The Balaban J connectivity index is 1.54. The Bertz CT molecular complexity index is 602. The van der Waals surface area contributed by atoms with Crippen molar-refractivity contribution in [2.24, 2.45) is 0 Å². The summed E-state index contributed by atoms with van der Waals surface area (Å²) in [7, 11) is 1.58. The van der Waals surface area contributed by atoms with Gasteiger partial charge in [-0.15, -0.1) is 0 Å². The average molecular weight is 348 g/mol. The number of morpholine rings is 1. The summed E-state index contributed by atoms with van der Waals surface area (Å²) in [5.74, 6) is 1.06. The number of carbonyl (C=O) groups is 1. The van der Waals surface area contributed by atoms with Gasteiger partial charge in [0.05, 0.1) is 19.8 Å². The fraction of sp³-hybridized carbons (Fsp3) is 0.667. The standard InChI is InChI=1S/C18H28N4O3/c1-13-4-5-16(24-3)17(19-13)20-18(23)21-8-6-15(7-9-21)22-10-11-25-14(2)12-22/h4-5,14-15H,6-12H2,1-3H3,(H,19,20,23). The largest absolute Gasteiger partial charge is 0.493 e. The molecule has 1 aromatic rings. The molecule has 1 atom stereocenters. The van der Waals surface area contributed by atoms with E-state index in [0.717, 1.165) is 51.3 Å². The Morgan fingerprint density at radius 3 is 2.76 bits per heavy atom. The van der Waals surface area contributed by atoms with E-state index in [1.54, 1.807) is 7.11 Å². The lowest BCUT2D eigenvalue weighted by atomic mass is 10.0. The zero-order chi connectivity index (χ0) is 17.8. The zero-order valence-corrected chi connectivity index (χ0v) is 15.3. The van der Waals surface area contributed by atoms with Crippen LogP contribution in [0.1, 0.15) is 25.5 Å². The van der Waals surface area contributed by atoms with E-state index in [1.165, 1.54) is 0 Å². The maximum absolute atomic E-state index is 12.6. The van der Waals surface area contributed by atoms with E-state index in [1.807, 2.05) is 24.0 Å². The minimum atomic E-state index is -0.106. The fourth-order valence-corrected chi connectivity index (χ4v) is 3.59. The van der Waals surface area contributed by atoms with Crippen molar-refractivity contribution in [1.29, 1.82) is 0 Å². The summed E-state index contributed by atoms with van der Waals surface area (Å²) in [6, 6.07) is 4.12. The van der Waals surface area contributed by atoms with Crippen molar-refractivity contribution in [1.82, 2.24) is 14.8 Å². The molecule has 0 spiro atoms. The molecule has 1 N–H and O–H groups in total. The monoisotopic (exact) mass is 348 g/mol. The number of piperidine rings is 1. The number of urea groups is 1. The second-order valence-electron chi connectivity index (χ2n) is 6.83. The number of anilines is 1. The number of hydrogen-bond acceptors (Lipinski definition) is 5. The number of nitrogens with one attached hydrogen (secondary N) is 1. The van der Waals surface area contributed by atoms with E-state index in [9.17, 15) is 4.79 Å². The number of ether oxygens (including phenoxy) is 2. The molecule has 2 saturated heterocycles. The molecule has 3 heterocycles. The number of rotatable bonds is 3. The highest BCUT2D eigenvalue weighted by Gasteiger charge is 2.29. The maximum atomic E-state index is 12.6. The number of hydrogen-bond donors (Lipinski definition) is 1. The molecular weight excluding hydrogens is 320 g/mol. The van der Waals surface area contributed by atoms with Crippen LogP contribution in [0.15, 0.2) is 12.1 Å². The molecule has 3 rings (SSSR count). The van der Waals surface area contributed by atoms with Crippen LogP contribution in [-0.4, -0.2) is 72.9 Å². The lowest BCUT2D eigenvalue weighted by Gasteiger charge is -2.41. The van der Waals surface area contributed by atoms with Gasteiger partial charge >= 0.3 is 6.03 Å². The van der Waals surface area contributed by atoms with Gasteiger partial charge in [-0.05, 0) is 38.8 Å².